The van der Waals surface area contributed by atoms with E-state index in [9.17, 15) is 4.79 Å². The van der Waals surface area contributed by atoms with Crippen LogP contribution in [-0.2, 0) is 0 Å². The molecule has 2 heterocycles. The van der Waals surface area contributed by atoms with Crippen LogP contribution in [0.3, 0.4) is 0 Å². The Kier molecular flexibility index (Phi) is 3.43. The van der Waals surface area contributed by atoms with Gasteiger partial charge in [-0.2, -0.15) is 0 Å². The molecular formula is C10H12BrNO2S. The van der Waals surface area contributed by atoms with Crippen molar-refractivity contribution < 1.29 is 9.90 Å². The Morgan fingerprint density at radius 1 is 1.73 bits per heavy atom. The first-order valence-electron chi connectivity index (χ1n) is 4.88. The zero-order chi connectivity index (χ0) is 10.8. The van der Waals surface area contributed by atoms with Crippen molar-refractivity contribution in [3.8, 4) is 0 Å². The van der Waals surface area contributed by atoms with E-state index < -0.39 is 0 Å². The van der Waals surface area contributed by atoms with Crippen molar-refractivity contribution in [3.05, 3.63) is 20.8 Å². The van der Waals surface area contributed by atoms with Crippen LogP contribution in [0.25, 0.3) is 0 Å². The molecule has 1 aliphatic rings. The number of thiophene rings is 1. The first-order chi connectivity index (χ1) is 7.22. The van der Waals surface area contributed by atoms with E-state index in [1.54, 1.807) is 4.90 Å². The minimum Gasteiger partial charge on any atom is -0.394 e. The molecule has 0 bridgehead atoms. The molecule has 2 rings (SSSR count). The standard InChI is InChI=1S/C10H12BrNO2S/c11-7-4-9(15-6-7)10(14)12-3-1-2-8(12)5-13/h4,6,8,13H,1-3,5H2. The largest absolute Gasteiger partial charge is 0.394 e. The summed E-state index contributed by atoms with van der Waals surface area (Å²) in [6.07, 6.45) is 1.90. The summed E-state index contributed by atoms with van der Waals surface area (Å²) in [7, 11) is 0. The van der Waals surface area contributed by atoms with Gasteiger partial charge in [-0.1, -0.05) is 0 Å². The van der Waals surface area contributed by atoms with Crippen LogP contribution >= 0.6 is 27.3 Å². The molecule has 0 aliphatic carbocycles. The van der Waals surface area contributed by atoms with Crippen molar-refractivity contribution >= 4 is 33.2 Å². The van der Waals surface area contributed by atoms with Crippen molar-refractivity contribution in [2.24, 2.45) is 0 Å². The molecule has 82 valence electrons. The highest BCUT2D eigenvalue weighted by molar-refractivity contribution is 9.10. The molecule has 1 aromatic rings. The average Bonchev–Trinajstić information content (AvgIpc) is 2.84. The number of aliphatic hydroxyl groups excluding tert-OH is 1. The van der Waals surface area contributed by atoms with E-state index in [-0.39, 0.29) is 18.6 Å². The second-order valence-electron chi connectivity index (χ2n) is 3.61. The number of rotatable bonds is 2. The van der Waals surface area contributed by atoms with Gasteiger partial charge in [0, 0.05) is 16.4 Å². The molecule has 1 N–H and O–H groups in total. The van der Waals surface area contributed by atoms with Crippen LogP contribution in [0, 0.1) is 0 Å². The van der Waals surface area contributed by atoms with Crippen LogP contribution in [0.4, 0.5) is 0 Å². The summed E-state index contributed by atoms with van der Waals surface area (Å²) in [6.45, 7) is 0.831. The van der Waals surface area contributed by atoms with Crippen molar-refractivity contribution in [2.75, 3.05) is 13.2 Å². The van der Waals surface area contributed by atoms with Gasteiger partial charge < -0.3 is 10.0 Å². The van der Waals surface area contributed by atoms with E-state index in [1.807, 2.05) is 11.4 Å². The molecule has 1 aliphatic heterocycles. The van der Waals surface area contributed by atoms with Gasteiger partial charge in [0.15, 0.2) is 0 Å². The number of aliphatic hydroxyl groups is 1. The van der Waals surface area contributed by atoms with Gasteiger partial charge in [-0.15, -0.1) is 11.3 Å². The molecule has 1 aromatic heterocycles. The molecular weight excluding hydrogens is 278 g/mol. The second kappa shape index (κ2) is 4.63. The van der Waals surface area contributed by atoms with E-state index in [2.05, 4.69) is 15.9 Å². The van der Waals surface area contributed by atoms with Gasteiger partial charge in [0.05, 0.1) is 17.5 Å². The van der Waals surface area contributed by atoms with Gasteiger partial charge in [0.2, 0.25) is 0 Å². The van der Waals surface area contributed by atoms with Gasteiger partial charge in [0.1, 0.15) is 0 Å². The lowest BCUT2D eigenvalue weighted by molar-refractivity contribution is 0.0682. The first kappa shape index (κ1) is 11.1. The molecule has 0 spiro atoms. The topological polar surface area (TPSA) is 40.5 Å². The van der Waals surface area contributed by atoms with Gasteiger partial charge in [-0.25, -0.2) is 0 Å². The van der Waals surface area contributed by atoms with Gasteiger partial charge in [-0.05, 0) is 34.8 Å². The number of nitrogens with zero attached hydrogens (tertiary/aromatic N) is 1. The molecule has 1 unspecified atom stereocenters. The molecule has 0 aromatic carbocycles. The van der Waals surface area contributed by atoms with E-state index >= 15 is 0 Å². The summed E-state index contributed by atoms with van der Waals surface area (Å²) >= 11 is 4.77. The van der Waals surface area contributed by atoms with E-state index in [0.717, 1.165) is 28.7 Å². The molecule has 1 atom stereocenters. The van der Waals surface area contributed by atoms with Crippen LogP contribution < -0.4 is 0 Å². The summed E-state index contributed by atoms with van der Waals surface area (Å²) in [6, 6.07) is 1.85. The molecule has 0 radical (unpaired) electrons. The molecule has 3 nitrogen and oxygen atoms in total. The number of amides is 1. The van der Waals surface area contributed by atoms with Crippen molar-refractivity contribution in [2.45, 2.75) is 18.9 Å². The summed E-state index contributed by atoms with van der Waals surface area (Å²) < 4.78 is 0.940. The number of likely N-dealkylation sites (tertiary alicyclic amines) is 1. The lowest BCUT2D eigenvalue weighted by Gasteiger charge is -2.22. The quantitative estimate of drug-likeness (QED) is 0.906. The molecule has 15 heavy (non-hydrogen) atoms. The van der Waals surface area contributed by atoms with Crippen LogP contribution in [0.1, 0.15) is 22.5 Å². The number of hydrogen-bond donors (Lipinski definition) is 1. The number of halogens is 1. The SMILES string of the molecule is O=C(c1cc(Br)cs1)N1CCCC1CO. The minimum atomic E-state index is 0.0124. The fraction of sp³-hybridized carbons (Fsp3) is 0.500. The third-order valence-electron chi connectivity index (χ3n) is 2.63. The number of carbonyl (C=O) groups is 1. The maximum Gasteiger partial charge on any atom is 0.264 e. The van der Waals surface area contributed by atoms with Crippen LogP contribution in [-0.4, -0.2) is 35.1 Å². The predicted molar refractivity (Wildman–Crippen MR) is 63.2 cm³/mol. The van der Waals surface area contributed by atoms with Crippen molar-refractivity contribution in [1.82, 2.24) is 4.90 Å². The highest BCUT2D eigenvalue weighted by Crippen LogP contribution is 2.25. The normalized spacial score (nSPS) is 20.9. The van der Waals surface area contributed by atoms with E-state index in [4.69, 9.17) is 5.11 Å². The Morgan fingerprint density at radius 2 is 2.53 bits per heavy atom. The van der Waals surface area contributed by atoms with Crippen LogP contribution in [0.2, 0.25) is 0 Å². The van der Waals surface area contributed by atoms with Gasteiger partial charge >= 0.3 is 0 Å². The lowest BCUT2D eigenvalue weighted by Crippen LogP contribution is -2.37. The highest BCUT2D eigenvalue weighted by Gasteiger charge is 2.29. The van der Waals surface area contributed by atoms with E-state index in [1.165, 1.54) is 11.3 Å². The maximum atomic E-state index is 12.0. The Labute approximate surface area is 101 Å². The Morgan fingerprint density at radius 3 is 3.13 bits per heavy atom. The summed E-state index contributed by atoms with van der Waals surface area (Å²) in [5.74, 6) is 0.0438. The van der Waals surface area contributed by atoms with Crippen molar-refractivity contribution in [3.63, 3.8) is 0 Å². The predicted octanol–water partition coefficient (Wildman–Crippen LogP) is 2.11. The number of hydrogen-bond acceptors (Lipinski definition) is 3. The van der Waals surface area contributed by atoms with Gasteiger partial charge in [-0.3, -0.25) is 4.79 Å². The highest BCUT2D eigenvalue weighted by atomic mass is 79.9. The lowest BCUT2D eigenvalue weighted by atomic mass is 10.2. The third-order valence-corrected chi connectivity index (χ3v) is 4.31. The fourth-order valence-corrected chi connectivity index (χ4v) is 3.24. The summed E-state index contributed by atoms with van der Waals surface area (Å²) in [5, 5.41) is 11.0. The third kappa shape index (κ3) is 2.24. The Hall–Kier alpha value is -0.390. The summed E-state index contributed by atoms with van der Waals surface area (Å²) in [4.78, 5) is 14.5. The zero-order valence-corrected chi connectivity index (χ0v) is 10.6. The Balaban J connectivity index is 2.13. The molecule has 0 saturated carbocycles. The monoisotopic (exact) mass is 289 g/mol. The van der Waals surface area contributed by atoms with Crippen LogP contribution in [0.15, 0.2) is 15.9 Å². The Bertz CT molecular complexity index is 366. The minimum absolute atomic E-state index is 0.0124. The molecule has 1 amide bonds. The first-order valence-corrected chi connectivity index (χ1v) is 6.55. The van der Waals surface area contributed by atoms with Crippen molar-refractivity contribution in [1.29, 1.82) is 0 Å². The molecule has 5 heteroatoms. The van der Waals surface area contributed by atoms with E-state index in [0.29, 0.717) is 0 Å². The zero-order valence-electron chi connectivity index (χ0n) is 8.15. The summed E-state index contributed by atoms with van der Waals surface area (Å²) in [5.41, 5.74) is 0. The van der Waals surface area contributed by atoms with Gasteiger partial charge in [0.25, 0.3) is 5.91 Å². The fourth-order valence-electron chi connectivity index (χ4n) is 1.86. The smallest absolute Gasteiger partial charge is 0.264 e. The number of carbonyl (C=O) groups excluding carboxylic acids is 1. The average molecular weight is 290 g/mol. The molecule has 1 saturated heterocycles. The molecule has 1 fully saturated rings. The van der Waals surface area contributed by atoms with Crippen LogP contribution in [0.5, 0.6) is 0 Å². The maximum absolute atomic E-state index is 12.0. The second-order valence-corrected chi connectivity index (χ2v) is 5.43.